The van der Waals surface area contributed by atoms with E-state index in [1.54, 1.807) is 0 Å². The highest BCUT2D eigenvalue weighted by molar-refractivity contribution is 5.39. The van der Waals surface area contributed by atoms with Gasteiger partial charge in [0.25, 0.3) is 0 Å². The van der Waals surface area contributed by atoms with Crippen LogP contribution < -0.4 is 10.5 Å². The molecular weight excluding hydrogens is 262 g/mol. The van der Waals surface area contributed by atoms with Crippen LogP contribution in [-0.2, 0) is 6.42 Å². The van der Waals surface area contributed by atoms with Gasteiger partial charge in [0.15, 0.2) is 11.9 Å². The van der Waals surface area contributed by atoms with E-state index >= 15 is 0 Å². The Morgan fingerprint density at radius 1 is 1.10 bits per heavy atom. The molecule has 0 bridgehead atoms. The summed E-state index contributed by atoms with van der Waals surface area (Å²) in [7, 11) is 0. The fraction of sp³-hybridized carbons (Fsp3) is 0.412. The summed E-state index contributed by atoms with van der Waals surface area (Å²) in [6.07, 6.45) is 5.71. The second kappa shape index (κ2) is 5.02. The van der Waals surface area contributed by atoms with E-state index in [1.807, 2.05) is 24.3 Å². The van der Waals surface area contributed by atoms with Gasteiger partial charge in [0.05, 0.1) is 0 Å². The minimum absolute atomic E-state index is 0.106. The van der Waals surface area contributed by atoms with Crippen LogP contribution in [0.25, 0.3) is 0 Å². The molecule has 4 rings (SSSR count). The van der Waals surface area contributed by atoms with Gasteiger partial charge < -0.3 is 10.5 Å². The molecule has 2 aliphatic rings. The van der Waals surface area contributed by atoms with E-state index in [0.29, 0.717) is 11.7 Å². The molecule has 2 aromatic rings. The van der Waals surface area contributed by atoms with Crippen LogP contribution in [0.4, 0.5) is 5.82 Å². The summed E-state index contributed by atoms with van der Waals surface area (Å²) in [6.45, 7) is 0. The van der Waals surface area contributed by atoms with Gasteiger partial charge in [0, 0.05) is 24.1 Å². The van der Waals surface area contributed by atoms with E-state index in [0.717, 1.165) is 23.7 Å². The van der Waals surface area contributed by atoms with Gasteiger partial charge >= 0.3 is 0 Å². The Bertz CT molecular complexity index is 640. The quantitative estimate of drug-likeness (QED) is 0.916. The zero-order chi connectivity index (χ0) is 14.2. The Kier molecular flexibility index (Phi) is 3.02. The van der Waals surface area contributed by atoms with Crippen molar-refractivity contribution in [3.8, 4) is 5.75 Å². The fourth-order valence-corrected chi connectivity index (χ4v) is 3.41. The maximum absolute atomic E-state index is 5.99. The van der Waals surface area contributed by atoms with Crippen LogP contribution >= 0.6 is 0 Å². The van der Waals surface area contributed by atoms with Crippen LogP contribution in [-0.4, -0.2) is 9.97 Å². The number of para-hydroxylation sites is 1. The van der Waals surface area contributed by atoms with Gasteiger partial charge in [-0.2, -0.15) is 0 Å². The highest BCUT2D eigenvalue weighted by Gasteiger charge is 2.28. The molecular formula is C17H19N3O. The third-order valence-electron chi connectivity index (χ3n) is 4.49. The van der Waals surface area contributed by atoms with Crippen molar-refractivity contribution in [3.05, 3.63) is 47.4 Å². The average molecular weight is 281 g/mol. The van der Waals surface area contributed by atoms with Crippen LogP contribution in [0, 0.1) is 0 Å². The molecule has 1 atom stereocenters. The lowest BCUT2D eigenvalue weighted by Crippen LogP contribution is -2.12. The molecule has 108 valence electrons. The van der Waals surface area contributed by atoms with Crippen molar-refractivity contribution in [2.24, 2.45) is 0 Å². The maximum Gasteiger partial charge on any atom is 0.172 e. The Labute approximate surface area is 124 Å². The minimum Gasteiger partial charge on any atom is -0.482 e. The van der Waals surface area contributed by atoms with Gasteiger partial charge in [-0.05, 0) is 24.5 Å². The molecule has 1 aliphatic heterocycles. The largest absolute Gasteiger partial charge is 0.482 e. The van der Waals surface area contributed by atoms with Gasteiger partial charge in [0.1, 0.15) is 11.6 Å². The van der Waals surface area contributed by atoms with Gasteiger partial charge in [-0.3, -0.25) is 0 Å². The van der Waals surface area contributed by atoms with Gasteiger partial charge in [-0.15, -0.1) is 0 Å². The van der Waals surface area contributed by atoms with Crippen LogP contribution in [0.5, 0.6) is 5.75 Å². The highest BCUT2D eigenvalue weighted by atomic mass is 16.5. The first-order valence-electron chi connectivity index (χ1n) is 7.68. The molecule has 1 aromatic heterocycles. The molecule has 21 heavy (non-hydrogen) atoms. The van der Waals surface area contributed by atoms with E-state index in [1.165, 1.54) is 31.2 Å². The summed E-state index contributed by atoms with van der Waals surface area (Å²) in [5, 5.41) is 0. The molecule has 0 radical (unpaired) electrons. The van der Waals surface area contributed by atoms with Gasteiger partial charge in [-0.1, -0.05) is 31.0 Å². The molecule has 1 aliphatic carbocycles. The number of nitrogens with zero attached hydrogens (tertiary/aromatic N) is 2. The lowest BCUT2D eigenvalue weighted by atomic mass is 10.0. The lowest BCUT2D eigenvalue weighted by Gasteiger charge is -2.14. The monoisotopic (exact) mass is 281 g/mol. The topological polar surface area (TPSA) is 61.0 Å². The van der Waals surface area contributed by atoms with E-state index in [2.05, 4.69) is 11.1 Å². The zero-order valence-electron chi connectivity index (χ0n) is 12.0. The molecule has 1 unspecified atom stereocenters. The first kappa shape index (κ1) is 12.6. The zero-order valence-corrected chi connectivity index (χ0v) is 12.0. The predicted octanol–water partition coefficient (Wildman–Crippen LogP) is 3.39. The van der Waals surface area contributed by atoms with Gasteiger partial charge in [0.2, 0.25) is 0 Å². The number of hydrogen-bond donors (Lipinski definition) is 1. The summed E-state index contributed by atoms with van der Waals surface area (Å²) >= 11 is 0. The Balaban J connectivity index is 1.64. The van der Waals surface area contributed by atoms with Gasteiger partial charge in [-0.25, -0.2) is 9.97 Å². The molecule has 2 heterocycles. The van der Waals surface area contributed by atoms with Crippen molar-refractivity contribution in [2.75, 3.05) is 5.73 Å². The number of nitrogens with two attached hydrogens (primary N) is 1. The summed E-state index contributed by atoms with van der Waals surface area (Å²) in [4.78, 5) is 9.18. The van der Waals surface area contributed by atoms with Crippen LogP contribution in [0.1, 0.15) is 54.8 Å². The molecule has 4 nitrogen and oxygen atoms in total. The third-order valence-corrected chi connectivity index (χ3v) is 4.49. The van der Waals surface area contributed by atoms with Crippen molar-refractivity contribution in [1.82, 2.24) is 9.97 Å². The second-order valence-electron chi connectivity index (χ2n) is 5.98. The predicted molar refractivity (Wildman–Crippen MR) is 81.2 cm³/mol. The molecule has 4 heteroatoms. The van der Waals surface area contributed by atoms with Crippen molar-refractivity contribution >= 4 is 5.82 Å². The standard InChI is InChI=1S/C17H19N3O/c18-16-10-13(11-5-1-2-6-11)19-17(20-16)15-9-12-7-3-4-8-14(12)21-15/h3-4,7-8,10-11,15H,1-2,5-6,9H2,(H2,18,19,20). The third kappa shape index (κ3) is 2.35. The Morgan fingerprint density at radius 3 is 2.71 bits per heavy atom. The lowest BCUT2D eigenvalue weighted by molar-refractivity contribution is 0.227. The van der Waals surface area contributed by atoms with Crippen molar-refractivity contribution < 1.29 is 4.74 Å². The Hall–Kier alpha value is -2.10. The van der Waals surface area contributed by atoms with Crippen LogP contribution in [0.3, 0.4) is 0 Å². The summed E-state index contributed by atoms with van der Waals surface area (Å²) in [5.74, 6) is 2.77. The number of anilines is 1. The normalized spacial score (nSPS) is 21.2. The van der Waals surface area contributed by atoms with Crippen LogP contribution in [0.15, 0.2) is 30.3 Å². The maximum atomic E-state index is 5.99. The molecule has 2 N–H and O–H groups in total. The summed E-state index contributed by atoms with van der Waals surface area (Å²) < 4.78 is 5.99. The molecule has 1 aromatic carbocycles. The first-order chi connectivity index (χ1) is 10.3. The number of ether oxygens (including phenoxy) is 1. The average Bonchev–Trinajstić information content (AvgIpc) is 3.16. The first-order valence-corrected chi connectivity index (χ1v) is 7.68. The summed E-state index contributed by atoms with van der Waals surface area (Å²) in [6, 6.07) is 10.1. The number of aromatic nitrogens is 2. The second-order valence-corrected chi connectivity index (χ2v) is 5.98. The summed E-state index contributed by atoms with van der Waals surface area (Å²) in [5.41, 5.74) is 8.30. The number of fused-ring (bicyclic) bond motifs is 1. The van der Waals surface area contributed by atoms with E-state index in [-0.39, 0.29) is 6.10 Å². The molecule has 0 amide bonds. The van der Waals surface area contributed by atoms with Crippen LogP contribution in [0.2, 0.25) is 0 Å². The van der Waals surface area contributed by atoms with E-state index in [9.17, 15) is 0 Å². The minimum atomic E-state index is -0.106. The highest BCUT2D eigenvalue weighted by Crippen LogP contribution is 2.37. The van der Waals surface area contributed by atoms with Crippen molar-refractivity contribution in [2.45, 2.75) is 44.1 Å². The Morgan fingerprint density at radius 2 is 1.90 bits per heavy atom. The number of benzene rings is 1. The number of hydrogen-bond acceptors (Lipinski definition) is 4. The molecule has 1 fully saturated rings. The van der Waals surface area contributed by atoms with Crippen molar-refractivity contribution in [1.29, 1.82) is 0 Å². The van der Waals surface area contributed by atoms with E-state index < -0.39 is 0 Å². The smallest absolute Gasteiger partial charge is 0.172 e. The molecule has 0 spiro atoms. The van der Waals surface area contributed by atoms with E-state index in [4.69, 9.17) is 15.5 Å². The fourth-order valence-electron chi connectivity index (χ4n) is 3.41. The molecule has 0 saturated heterocycles. The molecule has 1 saturated carbocycles. The van der Waals surface area contributed by atoms with Crippen molar-refractivity contribution in [3.63, 3.8) is 0 Å². The number of nitrogen functional groups attached to an aromatic ring is 1. The number of rotatable bonds is 2. The SMILES string of the molecule is Nc1cc(C2CCCC2)nc(C2Cc3ccccc3O2)n1.